The monoisotopic (exact) mass is 337 g/mol. The number of rotatable bonds is 4. The van der Waals surface area contributed by atoms with E-state index < -0.39 is 6.03 Å². The van der Waals surface area contributed by atoms with Crippen LogP contribution in [-0.4, -0.2) is 20.1 Å². The number of carbonyl (C=O) groups is 1. The van der Waals surface area contributed by atoms with Crippen LogP contribution < -0.4 is 16.2 Å². The molecule has 0 aliphatic heterocycles. The fourth-order valence-electron chi connectivity index (χ4n) is 2.50. The topological polar surface area (TPSA) is 81.0 Å². The summed E-state index contributed by atoms with van der Waals surface area (Å²) in [5, 5.41) is 5.44. The smallest absolute Gasteiger partial charge is 0.319 e. The Morgan fingerprint density at radius 3 is 2.80 bits per heavy atom. The van der Waals surface area contributed by atoms with Crippen LogP contribution in [0, 0.1) is 0 Å². The molecule has 25 heavy (non-hydrogen) atoms. The van der Waals surface area contributed by atoms with E-state index in [9.17, 15) is 9.59 Å². The van der Waals surface area contributed by atoms with Crippen LogP contribution in [0.2, 0.25) is 0 Å². The molecule has 0 radical (unpaired) electrons. The maximum atomic E-state index is 12.2. The number of imidazole rings is 1. The lowest BCUT2D eigenvalue weighted by Gasteiger charge is -2.16. The predicted octanol–water partition coefficient (Wildman–Crippen LogP) is 2.45. The van der Waals surface area contributed by atoms with Crippen molar-refractivity contribution in [1.29, 1.82) is 0 Å². The Hall–Kier alpha value is -3.35. The van der Waals surface area contributed by atoms with Crippen LogP contribution in [0.15, 0.2) is 66.1 Å². The molecular formula is C18H19N5O2. The molecule has 128 valence electrons. The van der Waals surface area contributed by atoms with E-state index in [-0.39, 0.29) is 17.3 Å². The minimum atomic E-state index is -0.427. The number of nitrogens with one attached hydrogen (secondary N) is 2. The third-order valence-electron chi connectivity index (χ3n) is 3.89. The fraction of sp³-hybridized carbons (Fsp3) is 0.167. The van der Waals surface area contributed by atoms with Crippen LogP contribution in [0.25, 0.3) is 5.69 Å². The molecule has 1 aromatic carbocycles. The quantitative estimate of drug-likeness (QED) is 0.767. The third-order valence-corrected chi connectivity index (χ3v) is 3.89. The molecule has 7 heteroatoms. The van der Waals surface area contributed by atoms with Crippen LogP contribution in [0.5, 0.6) is 0 Å². The number of hydrogen-bond donors (Lipinski definition) is 2. The second-order valence-corrected chi connectivity index (χ2v) is 5.72. The highest BCUT2D eigenvalue weighted by atomic mass is 16.2. The molecule has 0 spiro atoms. The zero-order chi connectivity index (χ0) is 17.8. The number of benzene rings is 1. The van der Waals surface area contributed by atoms with Gasteiger partial charge in [0.25, 0.3) is 5.56 Å². The number of amides is 2. The third kappa shape index (κ3) is 3.77. The van der Waals surface area contributed by atoms with Gasteiger partial charge in [0.05, 0.1) is 12.4 Å². The number of anilines is 1. The van der Waals surface area contributed by atoms with Crippen LogP contribution in [0.1, 0.15) is 18.5 Å². The molecule has 0 saturated carbocycles. The molecule has 0 fully saturated rings. The first-order valence-electron chi connectivity index (χ1n) is 7.86. The predicted molar refractivity (Wildman–Crippen MR) is 95.8 cm³/mol. The summed E-state index contributed by atoms with van der Waals surface area (Å²) in [7, 11) is 1.63. The second-order valence-electron chi connectivity index (χ2n) is 5.72. The summed E-state index contributed by atoms with van der Waals surface area (Å²) < 4.78 is 3.30. The van der Waals surface area contributed by atoms with Crippen molar-refractivity contribution in [2.24, 2.45) is 7.05 Å². The Morgan fingerprint density at radius 1 is 1.20 bits per heavy atom. The first kappa shape index (κ1) is 16.5. The molecule has 0 unspecified atom stereocenters. The van der Waals surface area contributed by atoms with E-state index >= 15 is 0 Å². The molecule has 0 aliphatic carbocycles. The van der Waals surface area contributed by atoms with Gasteiger partial charge in [-0.15, -0.1) is 0 Å². The highest BCUT2D eigenvalue weighted by molar-refractivity contribution is 5.89. The minimum Gasteiger partial charge on any atom is -0.331 e. The Morgan fingerprint density at radius 2 is 2.04 bits per heavy atom. The van der Waals surface area contributed by atoms with E-state index in [0.717, 1.165) is 11.3 Å². The van der Waals surface area contributed by atoms with Crippen molar-refractivity contribution in [2.45, 2.75) is 13.0 Å². The van der Waals surface area contributed by atoms with Crippen LogP contribution in [0.4, 0.5) is 10.5 Å². The maximum Gasteiger partial charge on any atom is 0.319 e. The number of nitrogens with zero attached hydrogens (tertiary/aromatic N) is 3. The summed E-state index contributed by atoms with van der Waals surface area (Å²) in [5.74, 6) is 0. The molecule has 2 amide bonds. The molecule has 7 nitrogen and oxygen atoms in total. The molecule has 1 atom stereocenters. The van der Waals surface area contributed by atoms with Crippen LogP contribution >= 0.6 is 0 Å². The fourth-order valence-corrected chi connectivity index (χ4v) is 2.50. The number of aryl methyl sites for hydroxylation is 1. The first-order valence-corrected chi connectivity index (χ1v) is 7.86. The van der Waals surface area contributed by atoms with Crippen LogP contribution in [-0.2, 0) is 7.05 Å². The summed E-state index contributed by atoms with van der Waals surface area (Å²) in [6, 6.07) is 10.4. The second kappa shape index (κ2) is 7.04. The summed E-state index contributed by atoms with van der Waals surface area (Å²) in [6.45, 7) is 1.88. The highest BCUT2D eigenvalue weighted by Crippen LogP contribution is 2.17. The Labute approximate surface area is 144 Å². The average molecular weight is 337 g/mol. The van der Waals surface area contributed by atoms with Gasteiger partial charge < -0.3 is 19.8 Å². The van der Waals surface area contributed by atoms with Crippen molar-refractivity contribution in [1.82, 2.24) is 19.4 Å². The van der Waals surface area contributed by atoms with E-state index in [1.165, 1.54) is 4.57 Å². The van der Waals surface area contributed by atoms with Crippen molar-refractivity contribution < 1.29 is 4.79 Å². The van der Waals surface area contributed by atoms with E-state index in [4.69, 9.17) is 0 Å². The molecule has 3 aromatic rings. The molecule has 2 aromatic heterocycles. The largest absolute Gasteiger partial charge is 0.331 e. The lowest BCUT2D eigenvalue weighted by Crippen LogP contribution is -2.33. The summed E-state index contributed by atoms with van der Waals surface area (Å²) >= 11 is 0. The van der Waals surface area contributed by atoms with E-state index in [1.54, 1.807) is 37.9 Å². The number of pyridine rings is 1. The number of hydrogen-bond acceptors (Lipinski definition) is 3. The normalized spacial score (nSPS) is 11.8. The zero-order valence-corrected chi connectivity index (χ0v) is 14.0. The number of carbonyl (C=O) groups excluding carboxylic acids is 1. The highest BCUT2D eigenvalue weighted by Gasteiger charge is 2.12. The van der Waals surface area contributed by atoms with Crippen molar-refractivity contribution in [2.75, 3.05) is 5.32 Å². The van der Waals surface area contributed by atoms with Gasteiger partial charge in [0, 0.05) is 31.3 Å². The van der Waals surface area contributed by atoms with E-state index in [0.29, 0.717) is 0 Å². The van der Waals surface area contributed by atoms with Gasteiger partial charge in [-0.05, 0) is 36.8 Å². The Balaban J connectivity index is 1.70. The number of aromatic nitrogens is 3. The average Bonchev–Trinajstić information content (AvgIpc) is 3.14. The van der Waals surface area contributed by atoms with Gasteiger partial charge in [0.1, 0.15) is 5.69 Å². The lowest BCUT2D eigenvalue weighted by atomic mass is 10.1. The lowest BCUT2D eigenvalue weighted by molar-refractivity contribution is 0.249. The van der Waals surface area contributed by atoms with Gasteiger partial charge in [0.2, 0.25) is 0 Å². The van der Waals surface area contributed by atoms with Crippen molar-refractivity contribution in [3.05, 3.63) is 77.2 Å². The van der Waals surface area contributed by atoms with Crippen molar-refractivity contribution in [3.63, 3.8) is 0 Å². The molecular weight excluding hydrogens is 318 g/mol. The van der Waals surface area contributed by atoms with Gasteiger partial charge in [-0.2, -0.15) is 0 Å². The first-order chi connectivity index (χ1) is 12.0. The molecule has 2 N–H and O–H groups in total. The Kier molecular flexibility index (Phi) is 4.65. The van der Waals surface area contributed by atoms with Crippen LogP contribution in [0.3, 0.4) is 0 Å². The van der Waals surface area contributed by atoms with E-state index in [1.807, 2.05) is 42.0 Å². The van der Waals surface area contributed by atoms with Gasteiger partial charge in [-0.25, -0.2) is 9.78 Å². The zero-order valence-electron chi connectivity index (χ0n) is 14.0. The Bertz CT molecular complexity index is 931. The van der Waals surface area contributed by atoms with Gasteiger partial charge in [-0.1, -0.05) is 12.1 Å². The van der Waals surface area contributed by atoms with Crippen molar-refractivity contribution in [3.8, 4) is 5.69 Å². The number of urea groups is 1. The summed E-state index contributed by atoms with van der Waals surface area (Å²) in [4.78, 5) is 28.2. The molecule has 2 heterocycles. The summed E-state index contributed by atoms with van der Waals surface area (Å²) in [6.07, 6.45) is 6.92. The molecule has 0 saturated heterocycles. The molecule has 0 bridgehead atoms. The van der Waals surface area contributed by atoms with Gasteiger partial charge in [0.15, 0.2) is 0 Å². The SMILES string of the molecule is C[C@@H](NC(=O)Nc1cccn(C)c1=O)c1cccc(-n2ccnc2)c1. The summed E-state index contributed by atoms with van der Waals surface area (Å²) in [5.41, 5.74) is 1.89. The molecule has 3 rings (SSSR count). The van der Waals surface area contributed by atoms with Gasteiger partial charge in [-0.3, -0.25) is 4.79 Å². The van der Waals surface area contributed by atoms with Gasteiger partial charge >= 0.3 is 6.03 Å². The van der Waals surface area contributed by atoms with Crippen molar-refractivity contribution >= 4 is 11.7 Å². The maximum absolute atomic E-state index is 12.2. The minimum absolute atomic E-state index is 0.226. The standard InChI is InChI=1S/C18H19N5O2/c1-13(14-5-3-6-15(11-14)23-10-8-19-12-23)20-18(25)21-16-7-4-9-22(2)17(16)24/h3-13H,1-2H3,(H2,20,21,25)/t13-/m1/s1. The van der Waals surface area contributed by atoms with E-state index in [2.05, 4.69) is 15.6 Å². The molecule has 0 aliphatic rings.